The van der Waals surface area contributed by atoms with Gasteiger partial charge in [-0.25, -0.2) is 4.98 Å². The molecule has 1 aromatic carbocycles. The molecule has 4 heteroatoms. The van der Waals surface area contributed by atoms with Crippen LogP contribution in [0.25, 0.3) is 11.4 Å². The van der Waals surface area contributed by atoms with Gasteiger partial charge in [0.1, 0.15) is 11.6 Å². The third-order valence-electron chi connectivity index (χ3n) is 4.44. The van der Waals surface area contributed by atoms with Gasteiger partial charge in [0.2, 0.25) is 0 Å². The van der Waals surface area contributed by atoms with Crippen LogP contribution in [-0.4, -0.2) is 21.8 Å². The third-order valence-corrected chi connectivity index (χ3v) is 4.44. The van der Waals surface area contributed by atoms with Crippen LogP contribution in [0.3, 0.4) is 0 Å². The number of aromatic nitrogens is 3. The lowest BCUT2D eigenvalue weighted by atomic mass is 9.89. The number of nitrogens with one attached hydrogen (secondary N) is 1. The van der Waals surface area contributed by atoms with Crippen molar-refractivity contribution in [2.45, 2.75) is 44.4 Å². The second-order valence-electron chi connectivity index (χ2n) is 5.80. The number of fused-ring (bicyclic) bond motifs is 1. The number of hydrogen-bond donors (Lipinski definition) is 1. The highest BCUT2D eigenvalue weighted by molar-refractivity contribution is 5.59. The maximum absolute atomic E-state index is 5.54. The summed E-state index contributed by atoms with van der Waals surface area (Å²) >= 11 is 0. The Morgan fingerprint density at radius 1 is 1.15 bits per heavy atom. The zero-order valence-electron chi connectivity index (χ0n) is 11.6. The lowest BCUT2D eigenvalue weighted by molar-refractivity contribution is 0.357. The van der Waals surface area contributed by atoms with Gasteiger partial charge in [-0.1, -0.05) is 19.3 Å². The fourth-order valence-corrected chi connectivity index (χ4v) is 3.29. The fraction of sp³-hybridized carbons (Fsp3) is 0.500. The number of benzene rings is 1. The molecule has 0 unspecified atom stereocenters. The lowest BCUT2D eigenvalue weighted by Crippen LogP contribution is -2.06. The molecule has 20 heavy (non-hydrogen) atoms. The minimum atomic E-state index is 0.572. The summed E-state index contributed by atoms with van der Waals surface area (Å²) in [5.41, 5.74) is 2.36. The van der Waals surface area contributed by atoms with Crippen molar-refractivity contribution >= 4 is 0 Å². The van der Waals surface area contributed by atoms with Gasteiger partial charge in [0.05, 0.1) is 6.61 Å². The lowest BCUT2D eigenvalue weighted by Gasteiger charge is -2.18. The first-order valence-electron chi connectivity index (χ1n) is 7.58. The Kier molecular flexibility index (Phi) is 2.94. The standard InChI is InChI=1S/C16H19N3O/c1-2-4-11(5-3-1)15-17-16(19-18-15)13-6-7-14-12(10-13)8-9-20-14/h6-7,10-11H,1-5,8-9H2,(H,17,18,19). The molecule has 4 nitrogen and oxygen atoms in total. The van der Waals surface area contributed by atoms with Crippen molar-refractivity contribution in [1.29, 1.82) is 0 Å². The minimum absolute atomic E-state index is 0.572. The summed E-state index contributed by atoms with van der Waals surface area (Å²) in [6, 6.07) is 6.25. The summed E-state index contributed by atoms with van der Waals surface area (Å²) in [6.07, 6.45) is 7.47. The van der Waals surface area contributed by atoms with Crippen molar-refractivity contribution < 1.29 is 4.74 Å². The normalized spacial score (nSPS) is 18.8. The van der Waals surface area contributed by atoms with Gasteiger partial charge in [-0.3, -0.25) is 5.10 Å². The molecule has 104 valence electrons. The van der Waals surface area contributed by atoms with Gasteiger partial charge in [-0.15, -0.1) is 0 Å². The number of ether oxygens (including phenoxy) is 1. The van der Waals surface area contributed by atoms with Gasteiger partial charge in [0.15, 0.2) is 5.82 Å². The Hall–Kier alpha value is -1.84. The summed E-state index contributed by atoms with van der Waals surface area (Å²) in [5, 5.41) is 7.56. The van der Waals surface area contributed by atoms with Gasteiger partial charge in [0.25, 0.3) is 0 Å². The average molecular weight is 269 g/mol. The van der Waals surface area contributed by atoms with Crippen molar-refractivity contribution in [2.75, 3.05) is 6.61 Å². The minimum Gasteiger partial charge on any atom is -0.493 e. The Morgan fingerprint density at radius 3 is 2.95 bits per heavy atom. The predicted octanol–water partition coefficient (Wildman–Crippen LogP) is 3.45. The second-order valence-corrected chi connectivity index (χ2v) is 5.80. The number of H-pyrrole nitrogens is 1. The summed E-state index contributed by atoms with van der Waals surface area (Å²) in [4.78, 5) is 4.72. The highest BCUT2D eigenvalue weighted by Gasteiger charge is 2.20. The molecular formula is C16H19N3O. The summed E-state index contributed by atoms with van der Waals surface area (Å²) in [5.74, 6) is 3.47. The molecule has 0 amide bonds. The SMILES string of the molecule is c1cc2c(cc1-c1n[nH]c(C3CCCCC3)n1)CCO2. The monoisotopic (exact) mass is 269 g/mol. The average Bonchev–Trinajstić information content (AvgIpc) is 3.16. The predicted molar refractivity (Wildman–Crippen MR) is 76.8 cm³/mol. The molecule has 1 aliphatic carbocycles. The van der Waals surface area contributed by atoms with Crippen LogP contribution in [0.4, 0.5) is 0 Å². The topological polar surface area (TPSA) is 50.8 Å². The van der Waals surface area contributed by atoms with Gasteiger partial charge in [-0.05, 0) is 36.6 Å². The van der Waals surface area contributed by atoms with E-state index >= 15 is 0 Å². The first kappa shape index (κ1) is 11.9. The number of aromatic amines is 1. The molecule has 1 aromatic heterocycles. The van der Waals surface area contributed by atoms with E-state index in [1.807, 2.05) is 6.07 Å². The molecule has 1 saturated carbocycles. The molecule has 1 aliphatic heterocycles. The number of hydrogen-bond acceptors (Lipinski definition) is 3. The van der Waals surface area contributed by atoms with Crippen molar-refractivity contribution in [1.82, 2.24) is 15.2 Å². The van der Waals surface area contributed by atoms with Gasteiger partial charge in [0, 0.05) is 17.9 Å². The molecule has 0 spiro atoms. The van der Waals surface area contributed by atoms with Crippen LogP contribution in [0.1, 0.15) is 49.4 Å². The Labute approximate surface area is 118 Å². The molecule has 2 aromatic rings. The largest absolute Gasteiger partial charge is 0.493 e. The summed E-state index contributed by atoms with van der Waals surface area (Å²) in [7, 11) is 0. The maximum Gasteiger partial charge on any atom is 0.181 e. The van der Waals surface area contributed by atoms with E-state index < -0.39 is 0 Å². The Balaban J connectivity index is 1.61. The number of rotatable bonds is 2. The second kappa shape index (κ2) is 4.93. The molecule has 2 aliphatic rings. The van der Waals surface area contributed by atoms with Crippen LogP contribution in [0.2, 0.25) is 0 Å². The highest BCUT2D eigenvalue weighted by Crippen LogP contribution is 2.32. The van der Waals surface area contributed by atoms with E-state index in [2.05, 4.69) is 22.3 Å². The van der Waals surface area contributed by atoms with Gasteiger partial charge in [-0.2, -0.15) is 5.10 Å². The van der Waals surface area contributed by atoms with Crippen molar-refractivity contribution in [2.24, 2.45) is 0 Å². The van der Waals surface area contributed by atoms with E-state index in [1.54, 1.807) is 0 Å². The number of nitrogens with zero attached hydrogens (tertiary/aromatic N) is 2. The highest BCUT2D eigenvalue weighted by atomic mass is 16.5. The van der Waals surface area contributed by atoms with E-state index in [9.17, 15) is 0 Å². The van der Waals surface area contributed by atoms with Crippen LogP contribution < -0.4 is 4.74 Å². The van der Waals surface area contributed by atoms with Crippen molar-refractivity contribution in [3.05, 3.63) is 29.6 Å². The van der Waals surface area contributed by atoms with Crippen LogP contribution >= 0.6 is 0 Å². The van der Waals surface area contributed by atoms with Crippen LogP contribution in [-0.2, 0) is 6.42 Å². The molecule has 4 rings (SSSR count). The van der Waals surface area contributed by atoms with Gasteiger partial charge >= 0.3 is 0 Å². The summed E-state index contributed by atoms with van der Waals surface area (Å²) < 4.78 is 5.54. The van der Waals surface area contributed by atoms with E-state index in [-0.39, 0.29) is 0 Å². The van der Waals surface area contributed by atoms with E-state index in [4.69, 9.17) is 9.72 Å². The van der Waals surface area contributed by atoms with Crippen LogP contribution in [0.15, 0.2) is 18.2 Å². The molecule has 0 atom stereocenters. The smallest absolute Gasteiger partial charge is 0.181 e. The third kappa shape index (κ3) is 2.09. The maximum atomic E-state index is 5.54. The van der Waals surface area contributed by atoms with E-state index in [1.165, 1.54) is 37.7 Å². The van der Waals surface area contributed by atoms with Crippen LogP contribution in [0.5, 0.6) is 5.75 Å². The van der Waals surface area contributed by atoms with Gasteiger partial charge < -0.3 is 4.74 Å². The molecule has 1 fully saturated rings. The fourth-order valence-electron chi connectivity index (χ4n) is 3.29. The zero-order valence-corrected chi connectivity index (χ0v) is 11.6. The van der Waals surface area contributed by atoms with Crippen LogP contribution in [0, 0.1) is 0 Å². The molecular weight excluding hydrogens is 250 g/mol. The molecule has 1 N–H and O–H groups in total. The first-order chi connectivity index (χ1) is 9.90. The van der Waals surface area contributed by atoms with E-state index in [0.717, 1.165) is 36.0 Å². The molecule has 2 heterocycles. The van der Waals surface area contributed by atoms with Crippen molar-refractivity contribution in [3.8, 4) is 17.1 Å². The quantitative estimate of drug-likeness (QED) is 0.908. The molecule has 0 saturated heterocycles. The van der Waals surface area contributed by atoms with E-state index in [0.29, 0.717) is 5.92 Å². The zero-order chi connectivity index (χ0) is 13.4. The molecule has 0 radical (unpaired) electrons. The first-order valence-corrected chi connectivity index (χ1v) is 7.58. The molecule has 0 bridgehead atoms. The van der Waals surface area contributed by atoms with Crippen molar-refractivity contribution in [3.63, 3.8) is 0 Å². The Morgan fingerprint density at radius 2 is 2.05 bits per heavy atom. The Bertz CT molecular complexity index is 614. The summed E-state index contributed by atoms with van der Waals surface area (Å²) in [6.45, 7) is 0.792.